The number of likely N-dealkylation sites (N-methyl/N-ethyl adjacent to an activating group) is 1. The van der Waals surface area contributed by atoms with E-state index in [4.69, 9.17) is 10.00 Å². The quantitative estimate of drug-likeness (QED) is 0.884. The van der Waals surface area contributed by atoms with Crippen LogP contribution < -0.4 is 10.1 Å². The van der Waals surface area contributed by atoms with Gasteiger partial charge in [0.25, 0.3) is 0 Å². The minimum atomic E-state index is -0.629. The molecule has 1 N–H and O–H groups in total. The van der Waals surface area contributed by atoms with Crippen molar-refractivity contribution in [2.45, 2.75) is 38.1 Å². The zero-order chi connectivity index (χ0) is 13.0. The molecule has 1 unspecified atom stereocenters. The predicted octanol–water partition coefficient (Wildman–Crippen LogP) is 2.45. The van der Waals surface area contributed by atoms with E-state index in [0.29, 0.717) is 6.61 Å². The number of aryl methyl sites for hydroxylation is 2. The third-order valence-electron chi connectivity index (χ3n) is 3.65. The summed E-state index contributed by atoms with van der Waals surface area (Å²) in [5.74, 6) is 0.868. The van der Waals surface area contributed by atoms with Crippen LogP contribution in [0, 0.1) is 11.3 Å². The Labute approximate surface area is 109 Å². The van der Waals surface area contributed by atoms with Crippen molar-refractivity contribution in [3.8, 4) is 11.8 Å². The van der Waals surface area contributed by atoms with Crippen molar-refractivity contribution in [3.63, 3.8) is 0 Å². The lowest BCUT2D eigenvalue weighted by Crippen LogP contribution is -2.43. The molecule has 1 aromatic rings. The molecule has 0 bridgehead atoms. The summed E-state index contributed by atoms with van der Waals surface area (Å²) < 4.78 is 5.73. The SMILES string of the molecule is CNC(C)(C#N)COc1ccc2c(c1)CCCC2. The maximum atomic E-state index is 9.06. The molecule has 3 nitrogen and oxygen atoms in total. The van der Waals surface area contributed by atoms with Gasteiger partial charge in [0.1, 0.15) is 17.9 Å². The molecule has 0 aliphatic heterocycles. The van der Waals surface area contributed by atoms with Crippen molar-refractivity contribution in [2.24, 2.45) is 0 Å². The van der Waals surface area contributed by atoms with Gasteiger partial charge < -0.3 is 4.74 Å². The zero-order valence-electron chi connectivity index (χ0n) is 11.1. The van der Waals surface area contributed by atoms with Gasteiger partial charge in [-0.25, -0.2) is 0 Å². The Morgan fingerprint density at radius 1 is 1.33 bits per heavy atom. The highest BCUT2D eigenvalue weighted by atomic mass is 16.5. The minimum absolute atomic E-state index is 0.360. The van der Waals surface area contributed by atoms with E-state index in [1.54, 1.807) is 7.05 Å². The first-order valence-electron chi connectivity index (χ1n) is 6.52. The number of nitrogens with one attached hydrogen (secondary N) is 1. The van der Waals surface area contributed by atoms with Gasteiger partial charge in [0.15, 0.2) is 0 Å². The fraction of sp³-hybridized carbons (Fsp3) is 0.533. The molecule has 0 heterocycles. The summed E-state index contributed by atoms with van der Waals surface area (Å²) in [4.78, 5) is 0. The molecule has 1 atom stereocenters. The second-order valence-electron chi connectivity index (χ2n) is 5.12. The number of fused-ring (bicyclic) bond motifs is 1. The van der Waals surface area contributed by atoms with Crippen molar-refractivity contribution in [1.29, 1.82) is 5.26 Å². The molecule has 0 saturated carbocycles. The van der Waals surface area contributed by atoms with Gasteiger partial charge in [-0.05, 0) is 62.9 Å². The summed E-state index contributed by atoms with van der Waals surface area (Å²) >= 11 is 0. The van der Waals surface area contributed by atoms with Crippen molar-refractivity contribution in [3.05, 3.63) is 29.3 Å². The maximum absolute atomic E-state index is 9.06. The lowest BCUT2D eigenvalue weighted by molar-refractivity contribution is 0.242. The second-order valence-corrected chi connectivity index (χ2v) is 5.12. The van der Waals surface area contributed by atoms with Gasteiger partial charge in [-0.1, -0.05) is 6.07 Å². The standard InChI is InChI=1S/C15H20N2O/c1-15(10-16,17-2)11-18-14-8-7-12-5-3-4-6-13(12)9-14/h7-9,17H,3-6,11H2,1-2H3. The van der Waals surface area contributed by atoms with E-state index in [0.717, 1.165) is 12.2 Å². The Morgan fingerprint density at radius 2 is 2.06 bits per heavy atom. The van der Waals surface area contributed by atoms with Crippen LogP contribution in [-0.2, 0) is 12.8 Å². The molecule has 1 aromatic carbocycles. The summed E-state index contributed by atoms with van der Waals surface area (Å²) in [6.07, 6.45) is 4.89. The molecular weight excluding hydrogens is 224 g/mol. The van der Waals surface area contributed by atoms with E-state index in [1.807, 2.05) is 13.0 Å². The van der Waals surface area contributed by atoms with Crippen LogP contribution >= 0.6 is 0 Å². The first-order chi connectivity index (χ1) is 8.67. The molecule has 0 saturated heterocycles. The average Bonchev–Trinajstić information content (AvgIpc) is 2.44. The summed E-state index contributed by atoms with van der Waals surface area (Å²) in [5, 5.41) is 12.0. The maximum Gasteiger partial charge on any atom is 0.137 e. The van der Waals surface area contributed by atoms with E-state index in [-0.39, 0.29) is 0 Å². The number of benzene rings is 1. The van der Waals surface area contributed by atoms with Crippen molar-refractivity contribution >= 4 is 0 Å². The molecule has 18 heavy (non-hydrogen) atoms. The Kier molecular flexibility index (Phi) is 3.88. The highest BCUT2D eigenvalue weighted by molar-refractivity contribution is 5.37. The fourth-order valence-electron chi connectivity index (χ4n) is 2.19. The van der Waals surface area contributed by atoms with E-state index in [1.165, 1.54) is 30.4 Å². The van der Waals surface area contributed by atoms with Crippen molar-refractivity contribution < 1.29 is 4.74 Å². The van der Waals surface area contributed by atoms with Crippen LogP contribution in [-0.4, -0.2) is 19.2 Å². The molecule has 1 aliphatic rings. The summed E-state index contributed by atoms with van der Waals surface area (Å²) in [7, 11) is 1.78. The van der Waals surface area contributed by atoms with Crippen LogP contribution in [0.5, 0.6) is 5.75 Å². The second kappa shape index (κ2) is 5.41. The van der Waals surface area contributed by atoms with Gasteiger partial charge >= 0.3 is 0 Å². The molecule has 0 spiro atoms. The summed E-state index contributed by atoms with van der Waals surface area (Å²) in [5.41, 5.74) is 2.22. The molecule has 1 aliphatic carbocycles. The summed E-state index contributed by atoms with van der Waals surface area (Å²) in [6, 6.07) is 8.52. The van der Waals surface area contributed by atoms with E-state index < -0.39 is 5.54 Å². The Balaban J connectivity index is 2.05. The van der Waals surface area contributed by atoms with Crippen molar-refractivity contribution in [1.82, 2.24) is 5.32 Å². The predicted molar refractivity (Wildman–Crippen MR) is 71.7 cm³/mol. The number of nitriles is 1. The molecule has 0 fully saturated rings. The van der Waals surface area contributed by atoms with Gasteiger partial charge in [0.05, 0.1) is 6.07 Å². The Morgan fingerprint density at radius 3 is 2.72 bits per heavy atom. The van der Waals surface area contributed by atoms with Crippen LogP contribution in [0.25, 0.3) is 0 Å². The number of nitrogens with zero attached hydrogens (tertiary/aromatic N) is 1. The number of hydrogen-bond donors (Lipinski definition) is 1. The lowest BCUT2D eigenvalue weighted by Gasteiger charge is -2.22. The van der Waals surface area contributed by atoms with Gasteiger partial charge in [0.2, 0.25) is 0 Å². The smallest absolute Gasteiger partial charge is 0.137 e. The molecule has 0 radical (unpaired) electrons. The molecule has 0 amide bonds. The molecule has 96 valence electrons. The van der Waals surface area contributed by atoms with Crippen LogP contribution in [0.3, 0.4) is 0 Å². The average molecular weight is 244 g/mol. The number of ether oxygens (including phenoxy) is 1. The topological polar surface area (TPSA) is 45.0 Å². The van der Waals surface area contributed by atoms with Crippen LogP contribution in [0.15, 0.2) is 18.2 Å². The van der Waals surface area contributed by atoms with Gasteiger partial charge in [0, 0.05) is 0 Å². The van der Waals surface area contributed by atoms with E-state index in [9.17, 15) is 0 Å². The third kappa shape index (κ3) is 2.83. The fourth-order valence-corrected chi connectivity index (χ4v) is 2.19. The molecule has 3 heteroatoms. The van der Waals surface area contributed by atoms with E-state index in [2.05, 4.69) is 23.5 Å². The third-order valence-corrected chi connectivity index (χ3v) is 3.65. The zero-order valence-corrected chi connectivity index (χ0v) is 11.1. The summed E-state index contributed by atoms with van der Waals surface area (Å²) in [6.45, 7) is 2.20. The first-order valence-corrected chi connectivity index (χ1v) is 6.52. The van der Waals surface area contributed by atoms with Gasteiger partial charge in [-0.15, -0.1) is 0 Å². The van der Waals surface area contributed by atoms with Crippen LogP contribution in [0.4, 0.5) is 0 Å². The van der Waals surface area contributed by atoms with Gasteiger partial charge in [-0.3, -0.25) is 5.32 Å². The number of hydrogen-bond acceptors (Lipinski definition) is 3. The number of rotatable bonds is 4. The largest absolute Gasteiger partial charge is 0.491 e. The van der Waals surface area contributed by atoms with Crippen LogP contribution in [0.1, 0.15) is 30.9 Å². The normalized spacial score (nSPS) is 17.4. The minimum Gasteiger partial charge on any atom is -0.491 e. The van der Waals surface area contributed by atoms with Crippen molar-refractivity contribution in [2.75, 3.05) is 13.7 Å². The van der Waals surface area contributed by atoms with Gasteiger partial charge in [-0.2, -0.15) is 5.26 Å². The Hall–Kier alpha value is -1.53. The van der Waals surface area contributed by atoms with Crippen LogP contribution in [0.2, 0.25) is 0 Å². The molecule has 2 rings (SSSR count). The monoisotopic (exact) mass is 244 g/mol. The first kappa shape index (κ1) is 12.9. The molecule has 0 aromatic heterocycles. The van der Waals surface area contributed by atoms with E-state index >= 15 is 0 Å². The lowest BCUT2D eigenvalue weighted by atomic mass is 9.92. The highest BCUT2D eigenvalue weighted by Crippen LogP contribution is 2.25. The Bertz CT molecular complexity index is 464. The molecular formula is C15H20N2O. The highest BCUT2D eigenvalue weighted by Gasteiger charge is 2.22.